The van der Waals surface area contributed by atoms with Gasteiger partial charge in [0.15, 0.2) is 0 Å². The molecule has 6 heteroatoms. The van der Waals surface area contributed by atoms with Crippen molar-refractivity contribution in [2.75, 3.05) is 17.2 Å². The van der Waals surface area contributed by atoms with Gasteiger partial charge < -0.3 is 4.90 Å². The molecule has 1 aliphatic heterocycles. The smallest absolute Gasteiger partial charge is 0.144 e. The van der Waals surface area contributed by atoms with Crippen molar-refractivity contribution in [2.45, 2.75) is 0 Å². The van der Waals surface area contributed by atoms with E-state index in [4.69, 9.17) is 0 Å². The summed E-state index contributed by atoms with van der Waals surface area (Å²) in [6, 6.07) is 2.08. The zero-order valence-corrected chi connectivity index (χ0v) is 11.5. The summed E-state index contributed by atoms with van der Waals surface area (Å²) < 4.78 is 1.15. The summed E-state index contributed by atoms with van der Waals surface area (Å²) in [5.41, 5.74) is 0. The molecule has 1 aliphatic rings. The highest BCUT2D eigenvalue weighted by Gasteiger charge is 2.15. The maximum atomic E-state index is 4.38. The molecule has 3 rings (SSSR count). The average molecular weight is 314 g/mol. The SMILES string of the molecule is BrC1=CN(c2ncnc3sccc23)CCS1. The van der Waals surface area contributed by atoms with E-state index in [1.54, 1.807) is 17.7 Å². The van der Waals surface area contributed by atoms with Gasteiger partial charge >= 0.3 is 0 Å². The van der Waals surface area contributed by atoms with E-state index in [1.807, 2.05) is 11.8 Å². The molecule has 2 aromatic rings. The fourth-order valence-electron chi connectivity index (χ4n) is 1.64. The summed E-state index contributed by atoms with van der Waals surface area (Å²) >= 11 is 6.99. The molecule has 0 fully saturated rings. The number of rotatable bonds is 1. The lowest BCUT2D eigenvalue weighted by atomic mass is 10.3. The molecule has 0 saturated heterocycles. The Morgan fingerprint density at radius 2 is 2.31 bits per heavy atom. The minimum Gasteiger partial charge on any atom is -0.330 e. The fourth-order valence-corrected chi connectivity index (χ4v) is 3.78. The Morgan fingerprint density at radius 1 is 1.38 bits per heavy atom. The van der Waals surface area contributed by atoms with Crippen molar-refractivity contribution in [3.63, 3.8) is 0 Å². The van der Waals surface area contributed by atoms with Crippen molar-refractivity contribution in [2.24, 2.45) is 0 Å². The molecule has 0 N–H and O–H groups in total. The molecule has 0 aromatic carbocycles. The number of fused-ring (bicyclic) bond motifs is 1. The Morgan fingerprint density at radius 3 is 3.19 bits per heavy atom. The van der Waals surface area contributed by atoms with Crippen LogP contribution in [0, 0.1) is 0 Å². The molecular weight excluding hydrogens is 306 g/mol. The number of thioether (sulfide) groups is 1. The molecule has 16 heavy (non-hydrogen) atoms. The summed E-state index contributed by atoms with van der Waals surface area (Å²) in [7, 11) is 0. The van der Waals surface area contributed by atoms with Gasteiger partial charge in [-0.2, -0.15) is 0 Å². The second-order valence-corrected chi connectivity index (χ2v) is 6.72. The normalized spacial score (nSPS) is 16.6. The Bertz CT molecular complexity index is 552. The lowest BCUT2D eigenvalue weighted by Crippen LogP contribution is -2.23. The van der Waals surface area contributed by atoms with Crippen LogP contribution in [0.4, 0.5) is 5.82 Å². The minimum absolute atomic E-state index is 0.988. The van der Waals surface area contributed by atoms with Crippen molar-refractivity contribution >= 4 is 55.1 Å². The van der Waals surface area contributed by atoms with Gasteiger partial charge in [-0.15, -0.1) is 23.1 Å². The summed E-state index contributed by atoms with van der Waals surface area (Å²) in [5.74, 6) is 2.08. The number of hydrogen-bond acceptors (Lipinski definition) is 5. The third kappa shape index (κ3) is 1.85. The zero-order chi connectivity index (χ0) is 11.0. The molecular formula is C10H8BrN3S2. The molecule has 0 atom stereocenters. The van der Waals surface area contributed by atoms with Crippen LogP contribution in [-0.4, -0.2) is 22.3 Å². The van der Waals surface area contributed by atoms with Crippen molar-refractivity contribution in [3.05, 3.63) is 27.8 Å². The number of aromatic nitrogens is 2. The van der Waals surface area contributed by atoms with Crippen LogP contribution >= 0.6 is 39.0 Å². The Balaban J connectivity index is 2.11. The van der Waals surface area contributed by atoms with Gasteiger partial charge in [-0.3, -0.25) is 0 Å². The third-order valence-electron chi connectivity index (χ3n) is 2.34. The van der Waals surface area contributed by atoms with Gasteiger partial charge in [0.2, 0.25) is 0 Å². The maximum Gasteiger partial charge on any atom is 0.144 e. The molecule has 0 bridgehead atoms. The summed E-state index contributed by atoms with van der Waals surface area (Å²) in [4.78, 5) is 11.9. The van der Waals surface area contributed by atoms with Crippen LogP contribution in [0.15, 0.2) is 27.8 Å². The third-order valence-corrected chi connectivity index (χ3v) is 4.82. The lowest BCUT2D eigenvalue weighted by molar-refractivity contribution is 0.986. The molecule has 0 spiro atoms. The van der Waals surface area contributed by atoms with E-state index in [-0.39, 0.29) is 0 Å². The highest BCUT2D eigenvalue weighted by atomic mass is 79.9. The van der Waals surface area contributed by atoms with E-state index in [9.17, 15) is 0 Å². The second kappa shape index (κ2) is 4.35. The quantitative estimate of drug-likeness (QED) is 0.806. The first-order valence-electron chi connectivity index (χ1n) is 4.79. The molecule has 0 saturated carbocycles. The minimum atomic E-state index is 0.988. The summed E-state index contributed by atoms with van der Waals surface area (Å²) in [6.45, 7) is 0.988. The van der Waals surface area contributed by atoms with Crippen molar-refractivity contribution < 1.29 is 0 Å². The predicted octanol–water partition coefficient (Wildman–Crippen LogP) is 3.44. The first kappa shape index (κ1) is 10.6. The van der Waals surface area contributed by atoms with Crippen LogP contribution < -0.4 is 4.90 Å². The summed E-state index contributed by atoms with van der Waals surface area (Å²) in [5, 5.41) is 3.19. The van der Waals surface area contributed by atoms with E-state index < -0.39 is 0 Å². The van der Waals surface area contributed by atoms with Gasteiger partial charge in [0.05, 0.1) is 9.20 Å². The first-order valence-corrected chi connectivity index (χ1v) is 7.45. The number of thiophene rings is 1. The van der Waals surface area contributed by atoms with Crippen LogP contribution in [0.1, 0.15) is 0 Å². The van der Waals surface area contributed by atoms with Gasteiger partial charge in [0, 0.05) is 18.5 Å². The largest absolute Gasteiger partial charge is 0.330 e. The monoisotopic (exact) mass is 313 g/mol. The Hall–Kier alpha value is -0.590. The highest BCUT2D eigenvalue weighted by molar-refractivity contribution is 9.14. The van der Waals surface area contributed by atoms with E-state index in [0.717, 1.165) is 32.1 Å². The Labute approximate surface area is 110 Å². The highest BCUT2D eigenvalue weighted by Crippen LogP contribution is 2.32. The number of anilines is 1. The van der Waals surface area contributed by atoms with E-state index in [1.165, 1.54) is 0 Å². The molecule has 82 valence electrons. The zero-order valence-electron chi connectivity index (χ0n) is 8.26. The molecule has 3 nitrogen and oxygen atoms in total. The lowest BCUT2D eigenvalue weighted by Gasteiger charge is -2.23. The molecule has 0 unspecified atom stereocenters. The Kier molecular flexibility index (Phi) is 2.87. The molecule has 0 aliphatic carbocycles. The standard InChI is InChI=1S/C10H8BrN3S2/c11-8-5-14(2-4-15-8)9-7-1-3-16-10(7)13-6-12-9/h1,3,5-6H,2,4H2. The van der Waals surface area contributed by atoms with Gasteiger partial charge in [-0.1, -0.05) is 0 Å². The topological polar surface area (TPSA) is 29.0 Å². The van der Waals surface area contributed by atoms with Crippen LogP contribution in [0.2, 0.25) is 0 Å². The maximum absolute atomic E-state index is 4.38. The summed E-state index contributed by atoms with van der Waals surface area (Å²) in [6.07, 6.45) is 3.73. The van der Waals surface area contributed by atoms with Crippen molar-refractivity contribution in [1.82, 2.24) is 9.97 Å². The van der Waals surface area contributed by atoms with Crippen LogP contribution in [0.25, 0.3) is 10.2 Å². The number of nitrogens with zero attached hydrogens (tertiary/aromatic N) is 3. The average Bonchev–Trinajstić information content (AvgIpc) is 2.76. The van der Waals surface area contributed by atoms with Crippen LogP contribution in [-0.2, 0) is 0 Å². The first-order chi connectivity index (χ1) is 7.84. The molecule has 3 heterocycles. The van der Waals surface area contributed by atoms with Crippen molar-refractivity contribution in [3.8, 4) is 0 Å². The number of halogens is 1. The molecule has 2 aromatic heterocycles. The second-order valence-electron chi connectivity index (χ2n) is 3.31. The van der Waals surface area contributed by atoms with Gasteiger partial charge in [-0.25, -0.2) is 9.97 Å². The van der Waals surface area contributed by atoms with E-state index >= 15 is 0 Å². The van der Waals surface area contributed by atoms with E-state index in [0.29, 0.717) is 0 Å². The van der Waals surface area contributed by atoms with Crippen LogP contribution in [0.5, 0.6) is 0 Å². The number of hydrogen-bond donors (Lipinski definition) is 0. The molecule has 0 amide bonds. The predicted molar refractivity (Wildman–Crippen MR) is 74.2 cm³/mol. The fraction of sp³-hybridized carbons (Fsp3) is 0.200. The van der Waals surface area contributed by atoms with E-state index in [2.05, 4.69) is 48.4 Å². The van der Waals surface area contributed by atoms with Gasteiger partial charge in [0.25, 0.3) is 0 Å². The van der Waals surface area contributed by atoms with Crippen LogP contribution in [0.3, 0.4) is 0 Å². The molecule has 0 radical (unpaired) electrons. The van der Waals surface area contributed by atoms with Gasteiger partial charge in [0.1, 0.15) is 17.0 Å². The van der Waals surface area contributed by atoms with Crippen molar-refractivity contribution in [1.29, 1.82) is 0 Å². The van der Waals surface area contributed by atoms with Gasteiger partial charge in [-0.05, 0) is 27.4 Å².